The van der Waals surface area contributed by atoms with Crippen LogP contribution in [0, 0.1) is 13.8 Å². The molecule has 2 rings (SSSR count). The Balaban J connectivity index is 2.43. The van der Waals surface area contributed by atoms with Crippen molar-refractivity contribution in [1.82, 2.24) is 0 Å². The van der Waals surface area contributed by atoms with Gasteiger partial charge in [-0.2, -0.15) is 0 Å². The van der Waals surface area contributed by atoms with E-state index in [0.717, 1.165) is 42.4 Å². The van der Waals surface area contributed by atoms with Crippen molar-refractivity contribution < 1.29 is 15.0 Å². The number of carbonyl (C=O) groups is 1. The van der Waals surface area contributed by atoms with Crippen LogP contribution in [-0.4, -0.2) is 21.8 Å². The van der Waals surface area contributed by atoms with Crippen LogP contribution in [0.25, 0.3) is 6.08 Å². The second kappa shape index (κ2) is 15.0. The predicted molar refractivity (Wildman–Crippen MR) is 171 cm³/mol. The van der Waals surface area contributed by atoms with Crippen molar-refractivity contribution in [2.75, 3.05) is 0 Å². The van der Waals surface area contributed by atoms with Crippen LogP contribution in [0.2, 0.25) is 0 Å². The summed E-state index contributed by atoms with van der Waals surface area (Å²) in [6.07, 6.45) is 14.8. The largest absolute Gasteiger partial charge is 0.481 e. The maximum absolute atomic E-state index is 11.2. The van der Waals surface area contributed by atoms with Crippen LogP contribution in [0.15, 0.2) is 78.4 Å². The first-order valence-electron chi connectivity index (χ1n) is 14.8. The highest BCUT2D eigenvalue weighted by Gasteiger charge is 2.31. The van der Waals surface area contributed by atoms with Crippen LogP contribution >= 0.6 is 0 Å². The summed E-state index contributed by atoms with van der Waals surface area (Å²) >= 11 is 0. The summed E-state index contributed by atoms with van der Waals surface area (Å²) in [5, 5.41) is 20.1. The van der Waals surface area contributed by atoms with Gasteiger partial charge in [0.1, 0.15) is 0 Å². The highest BCUT2D eigenvalue weighted by atomic mass is 16.4. The van der Waals surface area contributed by atoms with E-state index >= 15 is 0 Å². The molecule has 3 heteroatoms. The molecular formula is C37H50O3. The maximum Gasteiger partial charge on any atom is 0.307 e. The summed E-state index contributed by atoms with van der Waals surface area (Å²) in [6.45, 7) is 18.8. The number of allylic oxidation sites excluding steroid dienone is 4. The number of aliphatic carboxylic acids is 1. The van der Waals surface area contributed by atoms with Gasteiger partial charge in [0, 0.05) is 5.41 Å². The van der Waals surface area contributed by atoms with Gasteiger partial charge in [-0.05, 0) is 97.4 Å². The molecule has 0 bridgehead atoms. The quantitative estimate of drug-likeness (QED) is 0.220. The molecule has 2 N–H and O–H groups in total. The van der Waals surface area contributed by atoms with E-state index in [1.165, 1.54) is 27.8 Å². The van der Waals surface area contributed by atoms with E-state index in [9.17, 15) is 15.0 Å². The third-order valence-electron chi connectivity index (χ3n) is 8.55. The smallest absolute Gasteiger partial charge is 0.307 e. The molecule has 0 aliphatic rings. The van der Waals surface area contributed by atoms with Gasteiger partial charge in [-0.1, -0.05) is 107 Å². The van der Waals surface area contributed by atoms with Crippen molar-refractivity contribution in [3.63, 3.8) is 0 Å². The van der Waals surface area contributed by atoms with E-state index < -0.39 is 11.6 Å². The SMILES string of the molecule is C=C/C(=C\C(=C/C)CC(=O)O)Cc1ccc(C(CC)(CC)c2ccc(/C=C/C(O)(CC)CCC)c(C)c2)cc1C. The average molecular weight is 543 g/mol. The van der Waals surface area contributed by atoms with Crippen molar-refractivity contribution >= 4 is 12.0 Å². The second-order valence-corrected chi connectivity index (χ2v) is 11.1. The molecule has 0 aromatic heterocycles. The number of carboxylic acid groups (broad SMARTS) is 1. The molecule has 0 spiro atoms. The molecule has 0 radical (unpaired) electrons. The van der Waals surface area contributed by atoms with Gasteiger partial charge in [-0.25, -0.2) is 0 Å². The number of benzene rings is 2. The number of hydrogen-bond acceptors (Lipinski definition) is 2. The minimum Gasteiger partial charge on any atom is -0.481 e. The fourth-order valence-corrected chi connectivity index (χ4v) is 5.69. The Morgan fingerprint density at radius 3 is 2.02 bits per heavy atom. The number of aliphatic hydroxyl groups is 1. The Morgan fingerprint density at radius 1 is 0.925 bits per heavy atom. The molecule has 0 fully saturated rings. The van der Waals surface area contributed by atoms with E-state index in [1.54, 1.807) is 0 Å². The Hall–Kier alpha value is -3.17. The molecule has 40 heavy (non-hydrogen) atoms. The molecule has 0 amide bonds. The first-order valence-corrected chi connectivity index (χ1v) is 14.8. The molecule has 0 aliphatic carbocycles. The summed E-state index contributed by atoms with van der Waals surface area (Å²) < 4.78 is 0. The van der Waals surface area contributed by atoms with Crippen LogP contribution < -0.4 is 0 Å². The van der Waals surface area contributed by atoms with Gasteiger partial charge in [0.05, 0.1) is 12.0 Å². The zero-order valence-corrected chi connectivity index (χ0v) is 25.8. The molecule has 1 atom stereocenters. The van der Waals surface area contributed by atoms with Crippen LogP contribution in [-0.2, 0) is 16.6 Å². The molecule has 0 aliphatic heterocycles. The predicted octanol–water partition coefficient (Wildman–Crippen LogP) is 9.44. The van der Waals surface area contributed by atoms with Crippen LogP contribution in [0.5, 0.6) is 0 Å². The number of carboxylic acids is 1. The minimum atomic E-state index is -0.831. The van der Waals surface area contributed by atoms with Crippen LogP contribution in [0.4, 0.5) is 0 Å². The molecule has 216 valence electrons. The van der Waals surface area contributed by atoms with Gasteiger partial charge in [0.2, 0.25) is 0 Å². The molecule has 2 aromatic carbocycles. The second-order valence-electron chi connectivity index (χ2n) is 11.1. The molecule has 2 aromatic rings. The fraction of sp³-hybridized carbons (Fsp3) is 0.432. The third kappa shape index (κ3) is 8.17. The lowest BCUT2D eigenvalue weighted by atomic mass is 9.69. The maximum atomic E-state index is 11.2. The highest BCUT2D eigenvalue weighted by Crippen LogP contribution is 2.40. The topological polar surface area (TPSA) is 57.5 Å². The Kier molecular flexibility index (Phi) is 12.4. The summed E-state index contributed by atoms with van der Waals surface area (Å²) in [5.74, 6) is -0.831. The van der Waals surface area contributed by atoms with Gasteiger partial charge in [0.25, 0.3) is 0 Å². The van der Waals surface area contributed by atoms with E-state index in [-0.39, 0.29) is 11.8 Å². The Morgan fingerprint density at radius 2 is 1.55 bits per heavy atom. The molecule has 0 saturated carbocycles. The van der Waals surface area contributed by atoms with Crippen molar-refractivity contribution in [1.29, 1.82) is 0 Å². The molecule has 3 nitrogen and oxygen atoms in total. The van der Waals surface area contributed by atoms with E-state index in [0.29, 0.717) is 12.8 Å². The van der Waals surface area contributed by atoms with E-state index in [4.69, 9.17) is 0 Å². The molecule has 1 unspecified atom stereocenters. The van der Waals surface area contributed by atoms with Crippen LogP contribution in [0.1, 0.15) is 107 Å². The Bertz CT molecular complexity index is 1260. The van der Waals surface area contributed by atoms with E-state index in [2.05, 4.69) is 83.7 Å². The number of hydrogen-bond donors (Lipinski definition) is 2. The van der Waals surface area contributed by atoms with Gasteiger partial charge in [-0.3, -0.25) is 4.79 Å². The molecule has 0 saturated heterocycles. The first-order chi connectivity index (χ1) is 19.0. The van der Waals surface area contributed by atoms with E-state index in [1.807, 2.05) is 38.2 Å². The summed E-state index contributed by atoms with van der Waals surface area (Å²) in [4.78, 5) is 11.2. The highest BCUT2D eigenvalue weighted by molar-refractivity contribution is 5.71. The summed E-state index contributed by atoms with van der Waals surface area (Å²) in [7, 11) is 0. The lowest BCUT2D eigenvalue weighted by Crippen LogP contribution is -2.26. The van der Waals surface area contributed by atoms with Gasteiger partial charge in [-0.15, -0.1) is 0 Å². The van der Waals surface area contributed by atoms with Gasteiger partial charge < -0.3 is 10.2 Å². The van der Waals surface area contributed by atoms with Gasteiger partial charge >= 0.3 is 5.97 Å². The summed E-state index contributed by atoms with van der Waals surface area (Å²) in [5.41, 5.74) is 8.38. The first kappa shape index (κ1) is 33.0. The van der Waals surface area contributed by atoms with Crippen molar-refractivity contribution in [3.05, 3.63) is 112 Å². The lowest BCUT2D eigenvalue weighted by Gasteiger charge is -2.34. The lowest BCUT2D eigenvalue weighted by molar-refractivity contribution is -0.136. The standard InChI is InChI=1S/C37H50O3/c1-9-20-36(40,12-4)21-19-31-15-17-33(22-27(31)7)37(13-5,14-6)34-18-16-32(28(8)23-34)25-29(10-2)24-30(11-3)26-35(38)39/h10-11,15-19,21-24,40H,2,9,12-14,20,25-26H2,1,3-8H3,(H,38,39)/b21-19+,29-24+,30-11+. The zero-order chi connectivity index (χ0) is 29.9. The van der Waals surface area contributed by atoms with Crippen molar-refractivity contribution in [2.45, 2.75) is 104 Å². The van der Waals surface area contributed by atoms with Crippen molar-refractivity contribution in [2.24, 2.45) is 0 Å². The van der Waals surface area contributed by atoms with Crippen LogP contribution in [0.3, 0.4) is 0 Å². The zero-order valence-electron chi connectivity index (χ0n) is 25.8. The van der Waals surface area contributed by atoms with Gasteiger partial charge in [0.15, 0.2) is 0 Å². The number of rotatable bonds is 15. The average Bonchev–Trinajstić information content (AvgIpc) is 2.93. The summed E-state index contributed by atoms with van der Waals surface area (Å²) in [6, 6.07) is 13.6. The minimum absolute atomic E-state index is 0.00743. The van der Waals surface area contributed by atoms with Crippen molar-refractivity contribution in [3.8, 4) is 0 Å². The normalized spacial score (nSPS) is 14.4. The number of aryl methyl sites for hydroxylation is 2. The monoisotopic (exact) mass is 542 g/mol. The molecular weight excluding hydrogens is 492 g/mol. The third-order valence-corrected chi connectivity index (χ3v) is 8.55. The fourth-order valence-electron chi connectivity index (χ4n) is 5.69. The Labute approximate surface area is 243 Å². The molecule has 0 heterocycles.